The van der Waals surface area contributed by atoms with Crippen molar-refractivity contribution < 1.29 is 0 Å². The van der Waals surface area contributed by atoms with Gasteiger partial charge in [0.1, 0.15) is 0 Å². The predicted octanol–water partition coefficient (Wildman–Crippen LogP) is 1.79. The number of nitrogens with zero attached hydrogens (tertiary/aromatic N) is 3. The minimum absolute atomic E-state index is 0. The van der Waals surface area contributed by atoms with Crippen LogP contribution in [0.4, 0.5) is 0 Å². The first-order valence-corrected chi connectivity index (χ1v) is 6.51. The average Bonchev–Trinajstić information content (AvgIpc) is 2.55. The summed E-state index contributed by atoms with van der Waals surface area (Å²) in [5, 5.41) is 7.75. The highest BCUT2D eigenvalue weighted by Gasteiger charge is 2.23. The zero-order valence-electron chi connectivity index (χ0n) is 10.5. The Morgan fingerprint density at radius 1 is 1.53 bits per heavy atom. The van der Waals surface area contributed by atoms with E-state index in [0.29, 0.717) is 12.1 Å². The van der Waals surface area contributed by atoms with E-state index in [-0.39, 0.29) is 12.4 Å². The molecule has 0 spiro atoms. The lowest BCUT2D eigenvalue weighted by atomic mass is 10.1. The van der Waals surface area contributed by atoms with E-state index in [1.165, 1.54) is 5.69 Å². The second-order valence-corrected chi connectivity index (χ2v) is 5.50. The summed E-state index contributed by atoms with van der Waals surface area (Å²) >= 11 is 3.55. The maximum atomic E-state index is 4.25. The number of aryl methyl sites for hydroxylation is 1. The molecule has 4 nitrogen and oxygen atoms in total. The van der Waals surface area contributed by atoms with Crippen LogP contribution >= 0.6 is 28.3 Å². The van der Waals surface area contributed by atoms with E-state index in [1.54, 1.807) is 0 Å². The first-order chi connectivity index (χ1) is 7.58. The molecule has 0 saturated carbocycles. The Morgan fingerprint density at radius 3 is 2.82 bits per heavy atom. The molecule has 1 aromatic heterocycles. The molecule has 2 rings (SSSR count). The molecular weight excluding hydrogens is 304 g/mol. The van der Waals surface area contributed by atoms with Gasteiger partial charge in [0.05, 0.1) is 16.4 Å². The van der Waals surface area contributed by atoms with Gasteiger partial charge in [-0.2, -0.15) is 5.10 Å². The van der Waals surface area contributed by atoms with Crippen molar-refractivity contribution >= 4 is 28.3 Å². The lowest BCUT2D eigenvalue weighted by Gasteiger charge is -2.37. The first-order valence-electron chi connectivity index (χ1n) is 5.71. The van der Waals surface area contributed by atoms with Gasteiger partial charge < -0.3 is 5.32 Å². The molecule has 17 heavy (non-hydrogen) atoms. The van der Waals surface area contributed by atoms with Crippen LogP contribution in [-0.2, 0) is 13.6 Å². The van der Waals surface area contributed by atoms with Gasteiger partial charge in [-0.25, -0.2) is 0 Å². The van der Waals surface area contributed by atoms with Crippen molar-refractivity contribution in [2.75, 3.05) is 13.1 Å². The van der Waals surface area contributed by atoms with Crippen molar-refractivity contribution in [3.63, 3.8) is 0 Å². The van der Waals surface area contributed by atoms with Gasteiger partial charge in [0.2, 0.25) is 0 Å². The fourth-order valence-corrected chi connectivity index (χ4v) is 2.60. The minimum atomic E-state index is 0. The van der Waals surface area contributed by atoms with Crippen LogP contribution in [0.1, 0.15) is 19.5 Å². The highest BCUT2D eigenvalue weighted by Crippen LogP contribution is 2.19. The molecule has 6 heteroatoms. The fraction of sp³-hybridized carbons (Fsp3) is 0.727. The van der Waals surface area contributed by atoms with E-state index < -0.39 is 0 Å². The molecule has 0 aromatic carbocycles. The summed E-state index contributed by atoms with van der Waals surface area (Å²) < 4.78 is 3.05. The molecule has 1 fully saturated rings. The van der Waals surface area contributed by atoms with Gasteiger partial charge in [0.15, 0.2) is 0 Å². The Kier molecular flexibility index (Phi) is 5.44. The molecule has 1 aliphatic heterocycles. The van der Waals surface area contributed by atoms with Crippen LogP contribution in [0.2, 0.25) is 0 Å². The quantitative estimate of drug-likeness (QED) is 0.901. The minimum Gasteiger partial charge on any atom is -0.311 e. The molecule has 0 radical (unpaired) electrons. The summed E-state index contributed by atoms with van der Waals surface area (Å²) in [6.45, 7) is 7.63. The lowest BCUT2D eigenvalue weighted by Crippen LogP contribution is -2.53. The second kappa shape index (κ2) is 6.18. The standard InChI is InChI=1S/C11H19BrN4.ClH/c1-8-6-16(9(2)4-13-8)7-11-10(12)5-14-15(11)3;/h5,8-9,13H,4,6-7H2,1-3H3;1H. The molecule has 2 heterocycles. The Morgan fingerprint density at radius 2 is 2.24 bits per heavy atom. The third-order valence-electron chi connectivity index (χ3n) is 3.26. The number of halogens is 2. The monoisotopic (exact) mass is 322 g/mol. The summed E-state index contributed by atoms with van der Waals surface area (Å²) in [6.07, 6.45) is 1.87. The third-order valence-corrected chi connectivity index (χ3v) is 3.92. The van der Waals surface area contributed by atoms with E-state index >= 15 is 0 Å². The normalized spacial score (nSPS) is 25.6. The SMILES string of the molecule is CC1CN(Cc2c(Br)cnn2C)C(C)CN1.Cl. The second-order valence-electron chi connectivity index (χ2n) is 4.65. The van der Waals surface area contributed by atoms with Gasteiger partial charge in [-0.15, -0.1) is 12.4 Å². The van der Waals surface area contributed by atoms with E-state index in [0.717, 1.165) is 24.1 Å². The average molecular weight is 324 g/mol. The van der Waals surface area contributed by atoms with Crippen LogP contribution in [-0.4, -0.2) is 39.9 Å². The lowest BCUT2D eigenvalue weighted by molar-refractivity contribution is 0.135. The van der Waals surface area contributed by atoms with Crippen LogP contribution < -0.4 is 5.32 Å². The molecular formula is C11H20BrClN4. The largest absolute Gasteiger partial charge is 0.311 e. The van der Waals surface area contributed by atoms with Crippen LogP contribution in [0, 0.1) is 0 Å². The molecule has 1 saturated heterocycles. The van der Waals surface area contributed by atoms with E-state index in [9.17, 15) is 0 Å². The van der Waals surface area contributed by atoms with Gasteiger partial charge in [0.25, 0.3) is 0 Å². The van der Waals surface area contributed by atoms with Crippen LogP contribution in [0.5, 0.6) is 0 Å². The van der Waals surface area contributed by atoms with Gasteiger partial charge in [-0.1, -0.05) is 0 Å². The Hall–Kier alpha value is -0.100. The molecule has 0 bridgehead atoms. The topological polar surface area (TPSA) is 33.1 Å². The van der Waals surface area contributed by atoms with E-state index in [2.05, 4.69) is 45.1 Å². The summed E-state index contributed by atoms with van der Waals surface area (Å²) in [5.74, 6) is 0. The number of rotatable bonds is 2. The zero-order valence-corrected chi connectivity index (χ0v) is 12.9. The number of aromatic nitrogens is 2. The van der Waals surface area contributed by atoms with Crippen LogP contribution in [0.15, 0.2) is 10.7 Å². The maximum Gasteiger partial charge on any atom is 0.0663 e. The molecule has 98 valence electrons. The molecule has 1 aliphatic rings. The van der Waals surface area contributed by atoms with Gasteiger partial charge >= 0.3 is 0 Å². The van der Waals surface area contributed by atoms with Crippen molar-refractivity contribution in [1.29, 1.82) is 0 Å². The fourth-order valence-electron chi connectivity index (χ4n) is 2.12. The summed E-state index contributed by atoms with van der Waals surface area (Å²) in [4.78, 5) is 2.50. The van der Waals surface area contributed by atoms with Gasteiger partial charge in [-0.05, 0) is 29.8 Å². The highest BCUT2D eigenvalue weighted by atomic mass is 79.9. The molecule has 2 unspecified atom stereocenters. The van der Waals surface area contributed by atoms with Crippen molar-refractivity contribution in [2.45, 2.75) is 32.5 Å². The van der Waals surface area contributed by atoms with Crippen molar-refractivity contribution in [2.24, 2.45) is 7.05 Å². The summed E-state index contributed by atoms with van der Waals surface area (Å²) in [6, 6.07) is 1.15. The molecule has 1 aromatic rings. The third kappa shape index (κ3) is 3.44. The molecule has 2 atom stereocenters. The number of piperazine rings is 1. The van der Waals surface area contributed by atoms with Crippen LogP contribution in [0.25, 0.3) is 0 Å². The van der Waals surface area contributed by atoms with Crippen molar-refractivity contribution in [1.82, 2.24) is 20.0 Å². The summed E-state index contributed by atoms with van der Waals surface area (Å²) in [5.41, 5.74) is 1.25. The Balaban J connectivity index is 0.00000144. The van der Waals surface area contributed by atoms with Crippen LogP contribution in [0.3, 0.4) is 0 Å². The molecule has 0 aliphatic carbocycles. The number of nitrogens with one attached hydrogen (secondary N) is 1. The maximum absolute atomic E-state index is 4.25. The summed E-state index contributed by atoms with van der Waals surface area (Å²) in [7, 11) is 2.00. The van der Waals surface area contributed by atoms with E-state index in [1.807, 2.05) is 17.9 Å². The Bertz CT molecular complexity index is 349. The van der Waals surface area contributed by atoms with Crippen molar-refractivity contribution in [3.8, 4) is 0 Å². The number of hydrogen-bond donors (Lipinski definition) is 1. The number of hydrogen-bond acceptors (Lipinski definition) is 3. The first kappa shape index (κ1) is 15.0. The van der Waals surface area contributed by atoms with Crippen molar-refractivity contribution in [3.05, 3.63) is 16.4 Å². The smallest absolute Gasteiger partial charge is 0.0663 e. The zero-order chi connectivity index (χ0) is 11.7. The van der Waals surface area contributed by atoms with Gasteiger partial charge in [0, 0.05) is 38.8 Å². The van der Waals surface area contributed by atoms with Gasteiger partial charge in [-0.3, -0.25) is 9.58 Å². The van der Waals surface area contributed by atoms with E-state index in [4.69, 9.17) is 0 Å². The molecule has 0 amide bonds. The highest BCUT2D eigenvalue weighted by molar-refractivity contribution is 9.10. The Labute approximate surface area is 117 Å². The predicted molar refractivity (Wildman–Crippen MR) is 75.5 cm³/mol. The molecule has 1 N–H and O–H groups in total.